The molecule has 37 heavy (non-hydrogen) atoms. The monoisotopic (exact) mass is 496 g/mol. The van der Waals surface area contributed by atoms with Crippen LogP contribution in [0.4, 0.5) is 4.39 Å². The summed E-state index contributed by atoms with van der Waals surface area (Å²) >= 11 is 0. The molecule has 0 radical (unpaired) electrons. The lowest BCUT2D eigenvalue weighted by molar-refractivity contribution is 0.305. The van der Waals surface area contributed by atoms with Gasteiger partial charge in [-0.2, -0.15) is 0 Å². The summed E-state index contributed by atoms with van der Waals surface area (Å²) in [5, 5.41) is 3.88. The van der Waals surface area contributed by atoms with Crippen LogP contribution in [-0.4, -0.2) is 19.7 Å². The third-order valence-electron chi connectivity index (χ3n) is 6.75. The summed E-state index contributed by atoms with van der Waals surface area (Å²) in [5.74, 6) is 0.798. The van der Waals surface area contributed by atoms with Crippen LogP contribution in [0.25, 0.3) is 22.2 Å². The molecule has 3 aromatic carbocycles. The lowest BCUT2D eigenvalue weighted by Crippen LogP contribution is -2.07. The van der Waals surface area contributed by atoms with Crippen LogP contribution in [0, 0.1) is 5.82 Å². The number of ether oxygens (including phenoxy) is 1. The Morgan fingerprint density at radius 2 is 1.95 bits per heavy atom. The highest BCUT2D eigenvalue weighted by molar-refractivity contribution is 5.99. The van der Waals surface area contributed by atoms with Gasteiger partial charge in [-0.1, -0.05) is 36.3 Å². The van der Waals surface area contributed by atoms with Gasteiger partial charge in [-0.15, -0.1) is 0 Å². The van der Waals surface area contributed by atoms with Crippen molar-refractivity contribution in [2.24, 2.45) is 0 Å². The Hall–Kier alpha value is -4.46. The molecule has 0 fully saturated rings. The fourth-order valence-corrected chi connectivity index (χ4v) is 5.04. The number of halogens is 1. The lowest BCUT2D eigenvalue weighted by Gasteiger charge is -2.15. The van der Waals surface area contributed by atoms with Crippen molar-refractivity contribution in [3.63, 3.8) is 0 Å². The highest BCUT2D eigenvalue weighted by Crippen LogP contribution is 2.41. The summed E-state index contributed by atoms with van der Waals surface area (Å²) in [7, 11) is 0. The van der Waals surface area contributed by atoms with Gasteiger partial charge in [0.15, 0.2) is 5.82 Å². The molecule has 1 N–H and O–H groups in total. The van der Waals surface area contributed by atoms with Gasteiger partial charge in [0.2, 0.25) is 0 Å². The minimum Gasteiger partial charge on any atom is -0.488 e. The Morgan fingerprint density at radius 3 is 2.76 bits per heavy atom. The van der Waals surface area contributed by atoms with Gasteiger partial charge in [-0.3, -0.25) is 9.51 Å². The summed E-state index contributed by atoms with van der Waals surface area (Å²) in [6, 6.07) is 18.9. The molecule has 186 valence electrons. The molecule has 0 amide bonds. The first-order valence-corrected chi connectivity index (χ1v) is 12.3. The number of allylic oxidation sites excluding steroid dienone is 1. The van der Waals surface area contributed by atoms with E-state index in [-0.39, 0.29) is 12.4 Å². The van der Waals surface area contributed by atoms with Crippen molar-refractivity contribution < 1.29 is 13.7 Å². The Labute approximate surface area is 212 Å². The molecule has 6 rings (SSSR count). The van der Waals surface area contributed by atoms with Crippen LogP contribution in [0.3, 0.4) is 0 Å². The number of aromatic nitrogens is 4. The topological polar surface area (TPSA) is 85.9 Å². The molecule has 0 aliphatic carbocycles. The third-order valence-corrected chi connectivity index (χ3v) is 6.75. The van der Waals surface area contributed by atoms with Crippen LogP contribution < -0.4 is 10.5 Å². The van der Waals surface area contributed by atoms with Crippen LogP contribution in [0.15, 0.2) is 70.0 Å². The fraction of sp³-hybridized carbons (Fsp3) is 0.207. The molecule has 1 aliphatic rings. The quantitative estimate of drug-likeness (QED) is 0.336. The van der Waals surface area contributed by atoms with Crippen molar-refractivity contribution in [2.45, 2.75) is 39.8 Å². The molecule has 3 heterocycles. The molecular weight excluding hydrogens is 471 g/mol. The van der Waals surface area contributed by atoms with E-state index in [4.69, 9.17) is 14.2 Å². The molecule has 0 atom stereocenters. The van der Waals surface area contributed by atoms with Crippen LogP contribution in [-0.2, 0) is 19.6 Å². The second-order valence-electron chi connectivity index (χ2n) is 9.22. The SMILES string of the molecule is CCCc1nc2ccccc2n1Cc1ccc2c(c1)COc1cc(F)ccc1/C2=C(/C)c1noc(=O)[nH]1. The number of rotatable bonds is 5. The molecule has 1 aliphatic heterocycles. The van der Waals surface area contributed by atoms with Crippen molar-refractivity contribution in [3.05, 3.63) is 111 Å². The van der Waals surface area contributed by atoms with E-state index in [1.54, 1.807) is 6.07 Å². The maximum atomic E-state index is 14.1. The highest BCUT2D eigenvalue weighted by atomic mass is 19.1. The molecule has 0 unspecified atom stereocenters. The normalized spacial score (nSPS) is 14.1. The summed E-state index contributed by atoms with van der Waals surface area (Å²) in [6.07, 6.45) is 1.90. The summed E-state index contributed by atoms with van der Waals surface area (Å²) < 4.78 is 27.2. The molecule has 8 heteroatoms. The number of hydrogen-bond acceptors (Lipinski definition) is 5. The van der Waals surface area contributed by atoms with E-state index in [1.165, 1.54) is 12.1 Å². The minimum absolute atomic E-state index is 0.276. The zero-order chi connectivity index (χ0) is 25.5. The van der Waals surface area contributed by atoms with Crippen LogP contribution >= 0.6 is 0 Å². The van der Waals surface area contributed by atoms with Gasteiger partial charge in [0, 0.05) is 30.2 Å². The number of imidazole rings is 1. The van der Waals surface area contributed by atoms with Gasteiger partial charge in [-0.25, -0.2) is 14.2 Å². The Kier molecular flexibility index (Phi) is 5.71. The van der Waals surface area contributed by atoms with Crippen molar-refractivity contribution in [2.75, 3.05) is 0 Å². The van der Waals surface area contributed by atoms with Crippen LogP contribution in [0.5, 0.6) is 5.75 Å². The number of para-hydroxylation sites is 2. The molecule has 0 saturated heterocycles. The van der Waals surface area contributed by atoms with E-state index < -0.39 is 5.76 Å². The van der Waals surface area contributed by atoms with Crippen molar-refractivity contribution in [3.8, 4) is 5.75 Å². The maximum absolute atomic E-state index is 14.1. The van der Waals surface area contributed by atoms with E-state index in [1.807, 2.05) is 25.1 Å². The lowest BCUT2D eigenvalue weighted by atomic mass is 9.89. The fourth-order valence-electron chi connectivity index (χ4n) is 5.04. The standard InChI is InChI=1S/C29H25FN4O3/c1-3-6-26-31-23-7-4-5-8-24(23)34(26)15-18-9-11-21-19(13-18)16-36-25-14-20(30)10-12-22(25)27(21)17(2)28-32-29(35)37-33-28/h4-5,7-14H,3,6,15-16H2,1-2H3,(H,32,33,35)/b27-17-. The first-order chi connectivity index (χ1) is 18.0. The van der Waals surface area contributed by atoms with Gasteiger partial charge < -0.3 is 9.30 Å². The van der Waals surface area contributed by atoms with Gasteiger partial charge in [0.1, 0.15) is 24.0 Å². The largest absolute Gasteiger partial charge is 0.488 e. The highest BCUT2D eigenvalue weighted by Gasteiger charge is 2.24. The van der Waals surface area contributed by atoms with Crippen molar-refractivity contribution >= 4 is 22.2 Å². The minimum atomic E-state index is -0.634. The van der Waals surface area contributed by atoms with E-state index in [0.29, 0.717) is 23.7 Å². The van der Waals surface area contributed by atoms with Crippen molar-refractivity contribution in [1.29, 1.82) is 0 Å². The van der Waals surface area contributed by atoms with Crippen LogP contribution in [0.1, 0.15) is 54.2 Å². The maximum Gasteiger partial charge on any atom is 0.439 e. The van der Waals surface area contributed by atoms with E-state index in [9.17, 15) is 9.18 Å². The van der Waals surface area contributed by atoms with Crippen molar-refractivity contribution in [1.82, 2.24) is 19.7 Å². The molecule has 0 spiro atoms. The zero-order valence-electron chi connectivity index (χ0n) is 20.5. The second-order valence-corrected chi connectivity index (χ2v) is 9.22. The van der Waals surface area contributed by atoms with E-state index in [2.05, 4.69) is 45.9 Å². The zero-order valence-corrected chi connectivity index (χ0v) is 20.5. The number of hydrogen-bond donors (Lipinski definition) is 1. The van der Waals surface area contributed by atoms with Gasteiger partial charge in [0.05, 0.1) is 11.0 Å². The average Bonchev–Trinajstić information content (AvgIpc) is 3.44. The second kappa shape index (κ2) is 9.20. The molecule has 2 aromatic heterocycles. The number of aryl methyl sites for hydroxylation is 1. The number of fused-ring (bicyclic) bond motifs is 3. The van der Waals surface area contributed by atoms with Gasteiger partial charge >= 0.3 is 5.76 Å². The molecule has 5 aromatic rings. The number of H-pyrrole nitrogens is 1. The Bertz CT molecular complexity index is 1730. The van der Waals surface area contributed by atoms with Gasteiger partial charge in [0.25, 0.3) is 0 Å². The molecule has 7 nitrogen and oxygen atoms in total. The predicted octanol–water partition coefficient (Wildman–Crippen LogP) is 5.72. The number of nitrogens with zero attached hydrogens (tertiary/aromatic N) is 3. The molecule has 0 saturated carbocycles. The number of nitrogens with one attached hydrogen (secondary N) is 1. The Balaban J connectivity index is 1.48. The average molecular weight is 497 g/mol. The van der Waals surface area contributed by atoms with E-state index >= 15 is 0 Å². The molecular formula is C29H25FN4O3. The predicted molar refractivity (Wildman–Crippen MR) is 139 cm³/mol. The Morgan fingerprint density at radius 1 is 1.11 bits per heavy atom. The smallest absolute Gasteiger partial charge is 0.439 e. The first-order valence-electron chi connectivity index (χ1n) is 12.3. The molecule has 0 bridgehead atoms. The van der Waals surface area contributed by atoms with Crippen LogP contribution in [0.2, 0.25) is 0 Å². The first kappa shape index (κ1) is 23.0. The summed E-state index contributed by atoms with van der Waals surface area (Å²) in [5.41, 5.74) is 7.31. The number of aromatic amines is 1. The van der Waals surface area contributed by atoms with Gasteiger partial charge in [-0.05, 0) is 65.9 Å². The summed E-state index contributed by atoms with van der Waals surface area (Å²) in [4.78, 5) is 19.1. The number of benzene rings is 3. The summed E-state index contributed by atoms with van der Waals surface area (Å²) in [6.45, 7) is 4.95. The third kappa shape index (κ3) is 4.14. The van der Waals surface area contributed by atoms with E-state index in [0.717, 1.165) is 57.5 Å².